The van der Waals surface area contributed by atoms with Gasteiger partial charge in [-0.3, -0.25) is 0 Å². The van der Waals surface area contributed by atoms with Crippen LogP contribution < -0.4 is 16.0 Å². The molecule has 0 aromatic rings. The van der Waals surface area contributed by atoms with E-state index in [0.717, 1.165) is 38.5 Å². The first kappa shape index (κ1) is 12.0. The molecule has 2 saturated carbocycles. The van der Waals surface area contributed by atoms with Crippen molar-refractivity contribution in [2.45, 2.75) is 56.7 Å². The molecule has 0 saturated heterocycles. The average molecular weight is 241 g/mol. The van der Waals surface area contributed by atoms with E-state index in [4.69, 9.17) is 5.11 Å². The maximum absolute atomic E-state index is 11.5. The van der Waals surface area contributed by atoms with Gasteiger partial charge in [0.2, 0.25) is 0 Å². The van der Waals surface area contributed by atoms with E-state index in [1.165, 1.54) is 0 Å². The Kier molecular flexibility index (Phi) is 3.71. The zero-order valence-corrected chi connectivity index (χ0v) is 9.74. The van der Waals surface area contributed by atoms with Crippen molar-refractivity contribution in [3.8, 4) is 0 Å². The van der Waals surface area contributed by atoms with Crippen molar-refractivity contribution >= 4 is 12.1 Å². The van der Waals surface area contributed by atoms with Crippen molar-refractivity contribution < 1.29 is 14.7 Å². The van der Waals surface area contributed by atoms with Gasteiger partial charge in [0.25, 0.3) is 0 Å². The summed E-state index contributed by atoms with van der Waals surface area (Å²) in [6, 6.07) is 0.514. The fourth-order valence-electron chi connectivity index (χ4n) is 2.20. The maximum atomic E-state index is 11.5. The number of carbonyl (C=O) groups excluding carboxylic acids is 1. The molecule has 0 aromatic heterocycles. The summed E-state index contributed by atoms with van der Waals surface area (Å²) in [5.74, 6) is 0. The molecule has 6 heteroatoms. The lowest BCUT2D eigenvalue weighted by atomic mass is 9.91. The summed E-state index contributed by atoms with van der Waals surface area (Å²) in [7, 11) is 0. The summed E-state index contributed by atoms with van der Waals surface area (Å²) in [5, 5.41) is 16.9. The van der Waals surface area contributed by atoms with Crippen LogP contribution >= 0.6 is 0 Å². The quantitative estimate of drug-likeness (QED) is 0.594. The van der Waals surface area contributed by atoms with Crippen LogP contribution in [0.5, 0.6) is 0 Å². The molecule has 0 spiro atoms. The molecule has 17 heavy (non-hydrogen) atoms. The predicted octanol–water partition coefficient (Wildman–Crippen LogP) is 1.03. The molecule has 0 heterocycles. The molecule has 2 fully saturated rings. The van der Waals surface area contributed by atoms with Gasteiger partial charge < -0.3 is 21.1 Å². The summed E-state index contributed by atoms with van der Waals surface area (Å²) in [5.41, 5.74) is 0. The van der Waals surface area contributed by atoms with Crippen LogP contribution in [0.25, 0.3) is 0 Å². The summed E-state index contributed by atoms with van der Waals surface area (Å²) in [4.78, 5) is 22.0. The van der Waals surface area contributed by atoms with Crippen LogP contribution in [-0.4, -0.2) is 35.4 Å². The Morgan fingerprint density at radius 3 is 1.47 bits per heavy atom. The zero-order valence-electron chi connectivity index (χ0n) is 9.74. The number of urea groups is 1. The fourth-order valence-corrected chi connectivity index (χ4v) is 2.20. The van der Waals surface area contributed by atoms with Gasteiger partial charge in [-0.2, -0.15) is 0 Å². The molecule has 0 atom stereocenters. The molecule has 2 rings (SSSR count). The molecule has 6 nitrogen and oxygen atoms in total. The Hall–Kier alpha value is -1.46. The Morgan fingerprint density at radius 2 is 1.12 bits per heavy atom. The van der Waals surface area contributed by atoms with Crippen molar-refractivity contribution in [2.75, 3.05) is 0 Å². The molecule has 0 bridgehead atoms. The maximum Gasteiger partial charge on any atom is 0.404 e. The van der Waals surface area contributed by atoms with Crippen LogP contribution in [-0.2, 0) is 0 Å². The van der Waals surface area contributed by atoms with Gasteiger partial charge in [-0.15, -0.1) is 0 Å². The third-order valence-corrected chi connectivity index (χ3v) is 3.30. The Labute approximate surface area is 100 Å². The van der Waals surface area contributed by atoms with Crippen molar-refractivity contribution in [2.24, 2.45) is 0 Å². The average Bonchev–Trinajstić information content (AvgIpc) is 3.04. The minimum absolute atomic E-state index is 0.0389. The number of hydrogen-bond acceptors (Lipinski definition) is 2. The van der Waals surface area contributed by atoms with Crippen molar-refractivity contribution in [3.63, 3.8) is 0 Å². The summed E-state index contributed by atoms with van der Waals surface area (Å²) in [6.45, 7) is 0. The molecule has 0 unspecified atom stereocenters. The first-order valence-electron chi connectivity index (χ1n) is 6.20. The minimum Gasteiger partial charge on any atom is -0.465 e. The SMILES string of the molecule is O=C(O)N[C@H]1CC[C@H](NC(=O)NC2CC2)CC1. The molecule has 4 N–H and O–H groups in total. The summed E-state index contributed by atoms with van der Waals surface area (Å²) < 4.78 is 0. The monoisotopic (exact) mass is 241 g/mol. The predicted molar refractivity (Wildman–Crippen MR) is 61.9 cm³/mol. The van der Waals surface area contributed by atoms with Gasteiger partial charge in [0.15, 0.2) is 0 Å². The van der Waals surface area contributed by atoms with Crippen LogP contribution in [0.2, 0.25) is 0 Å². The van der Waals surface area contributed by atoms with Crippen LogP contribution in [0.3, 0.4) is 0 Å². The lowest BCUT2D eigenvalue weighted by molar-refractivity contribution is 0.183. The van der Waals surface area contributed by atoms with Gasteiger partial charge in [-0.25, -0.2) is 9.59 Å². The number of carboxylic acid groups (broad SMARTS) is 1. The second kappa shape index (κ2) is 5.25. The zero-order chi connectivity index (χ0) is 12.3. The van der Waals surface area contributed by atoms with Crippen LogP contribution in [0.4, 0.5) is 9.59 Å². The molecule has 2 aliphatic carbocycles. The molecule has 3 amide bonds. The van der Waals surface area contributed by atoms with Crippen molar-refractivity contribution in [1.29, 1.82) is 0 Å². The molecule has 0 radical (unpaired) electrons. The van der Waals surface area contributed by atoms with E-state index in [1.54, 1.807) is 0 Å². The van der Waals surface area contributed by atoms with Crippen LogP contribution in [0.1, 0.15) is 38.5 Å². The second-order valence-electron chi connectivity index (χ2n) is 4.89. The highest BCUT2D eigenvalue weighted by molar-refractivity contribution is 5.74. The van der Waals surface area contributed by atoms with Gasteiger partial charge in [-0.1, -0.05) is 0 Å². The number of hydrogen-bond donors (Lipinski definition) is 4. The number of nitrogens with one attached hydrogen (secondary N) is 3. The van der Waals surface area contributed by atoms with Gasteiger partial charge in [0, 0.05) is 18.1 Å². The van der Waals surface area contributed by atoms with E-state index >= 15 is 0 Å². The smallest absolute Gasteiger partial charge is 0.404 e. The molecule has 0 aromatic carbocycles. The Bertz CT molecular complexity index is 296. The first-order chi connectivity index (χ1) is 8.13. The van der Waals surface area contributed by atoms with Gasteiger partial charge in [0.1, 0.15) is 0 Å². The molecule has 2 aliphatic rings. The van der Waals surface area contributed by atoms with E-state index in [-0.39, 0.29) is 18.1 Å². The summed E-state index contributed by atoms with van der Waals surface area (Å²) in [6.07, 6.45) is 4.46. The molecular weight excluding hydrogens is 222 g/mol. The van der Waals surface area contributed by atoms with E-state index in [0.29, 0.717) is 6.04 Å². The van der Waals surface area contributed by atoms with Crippen molar-refractivity contribution in [3.05, 3.63) is 0 Å². The van der Waals surface area contributed by atoms with Gasteiger partial charge in [-0.05, 0) is 38.5 Å². The molecular formula is C11H19N3O3. The highest BCUT2D eigenvalue weighted by Crippen LogP contribution is 2.20. The third kappa shape index (κ3) is 4.13. The van der Waals surface area contributed by atoms with Crippen molar-refractivity contribution in [1.82, 2.24) is 16.0 Å². The Morgan fingerprint density at radius 1 is 0.765 bits per heavy atom. The van der Waals surface area contributed by atoms with Gasteiger partial charge in [0.05, 0.1) is 0 Å². The number of carbonyl (C=O) groups is 2. The second-order valence-corrected chi connectivity index (χ2v) is 4.89. The first-order valence-corrected chi connectivity index (χ1v) is 6.20. The third-order valence-electron chi connectivity index (χ3n) is 3.30. The van der Waals surface area contributed by atoms with Crippen LogP contribution in [0.15, 0.2) is 0 Å². The lowest BCUT2D eigenvalue weighted by Gasteiger charge is -2.28. The minimum atomic E-state index is -0.965. The molecule has 0 aliphatic heterocycles. The fraction of sp³-hybridized carbons (Fsp3) is 0.818. The highest BCUT2D eigenvalue weighted by Gasteiger charge is 2.26. The van der Waals surface area contributed by atoms with E-state index < -0.39 is 6.09 Å². The highest BCUT2D eigenvalue weighted by atomic mass is 16.4. The van der Waals surface area contributed by atoms with E-state index in [2.05, 4.69) is 16.0 Å². The van der Waals surface area contributed by atoms with E-state index in [1.807, 2.05) is 0 Å². The largest absolute Gasteiger partial charge is 0.465 e. The van der Waals surface area contributed by atoms with Gasteiger partial charge >= 0.3 is 12.1 Å². The number of rotatable bonds is 3. The standard InChI is InChI=1S/C11H19N3O3/c15-10(12-7-1-2-7)13-8-3-5-9(6-4-8)14-11(16)17/h7-9,14H,1-6H2,(H,16,17)(H2,12,13,15)/t8-,9-. The molecule has 96 valence electrons. The normalized spacial score (nSPS) is 28.2. The Balaban J connectivity index is 1.64. The lowest BCUT2D eigenvalue weighted by Crippen LogP contribution is -2.47. The summed E-state index contributed by atoms with van der Waals surface area (Å²) >= 11 is 0. The van der Waals surface area contributed by atoms with E-state index in [9.17, 15) is 9.59 Å². The number of amides is 3. The topological polar surface area (TPSA) is 90.5 Å². The van der Waals surface area contributed by atoms with Crippen LogP contribution in [0, 0.1) is 0 Å².